The molecule has 1 aromatic carbocycles. The highest BCUT2D eigenvalue weighted by Crippen LogP contribution is 2.27. The predicted octanol–water partition coefficient (Wildman–Crippen LogP) is 2.73. The van der Waals surface area contributed by atoms with Gasteiger partial charge in [0.2, 0.25) is 15.9 Å². The Hall–Kier alpha value is -1.46. The third kappa shape index (κ3) is 6.29. The van der Waals surface area contributed by atoms with Gasteiger partial charge >= 0.3 is 0 Å². The Labute approximate surface area is 197 Å². The van der Waals surface area contributed by atoms with Gasteiger partial charge in [0.05, 0.1) is 4.34 Å². The van der Waals surface area contributed by atoms with Crippen LogP contribution in [0.2, 0.25) is 4.34 Å². The Morgan fingerprint density at radius 1 is 1.23 bits per heavy atom. The highest BCUT2D eigenvalue weighted by atomic mass is 35.5. The van der Waals surface area contributed by atoms with E-state index in [4.69, 9.17) is 11.6 Å². The van der Waals surface area contributed by atoms with Crippen molar-refractivity contribution < 1.29 is 18.7 Å². The number of halogens is 2. The second-order valence-electron chi connectivity index (χ2n) is 7.17. The topological polar surface area (TPSA) is 110 Å². The number of hydrogen-bond acceptors (Lipinski definition) is 5. The molecule has 0 unspecified atom stereocenters. The van der Waals surface area contributed by atoms with Gasteiger partial charge in [-0.1, -0.05) is 17.7 Å². The van der Waals surface area contributed by atoms with Crippen molar-refractivity contribution in [1.82, 2.24) is 10.0 Å². The van der Waals surface area contributed by atoms with Crippen molar-refractivity contribution in [2.75, 3.05) is 18.0 Å². The maximum Gasteiger partial charge on any atom is 0.245 e. The van der Waals surface area contributed by atoms with Gasteiger partial charge in [-0.15, -0.1) is 23.7 Å². The van der Waals surface area contributed by atoms with Crippen LogP contribution in [0.25, 0.3) is 6.08 Å². The molecule has 4 N–H and O–H groups in total. The highest BCUT2D eigenvalue weighted by molar-refractivity contribution is 7.92. The normalized spacial score (nSPS) is 18.9. The first-order valence-corrected chi connectivity index (χ1v) is 12.2. The number of sulfonamides is 1. The summed E-state index contributed by atoms with van der Waals surface area (Å²) in [7, 11) is -3.73. The van der Waals surface area contributed by atoms with Gasteiger partial charge in [0.1, 0.15) is 6.04 Å². The van der Waals surface area contributed by atoms with Crippen molar-refractivity contribution in [3.63, 3.8) is 0 Å². The molecule has 1 fully saturated rings. The molecule has 7 nitrogen and oxygen atoms in total. The van der Waals surface area contributed by atoms with E-state index >= 15 is 0 Å². The molecule has 0 spiro atoms. The van der Waals surface area contributed by atoms with Gasteiger partial charge in [-0.25, -0.2) is 8.42 Å². The zero-order valence-electron chi connectivity index (χ0n) is 16.6. The van der Waals surface area contributed by atoms with Crippen molar-refractivity contribution in [3.8, 4) is 0 Å². The average Bonchev–Trinajstić information content (AvgIpc) is 3.17. The first kappa shape index (κ1) is 25.8. The molecular formula is C20H25Cl2N3O4S2. The van der Waals surface area contributed by atoms with E-state index < -0.39 is 16.1 Å². The van der Waals surface area contributed by atoms with Gasteiger partial charge < -0.3 is 15.7 Å². The van der Waals surface area contributed by atoms with Crippen LogP contribution in [-0.4, -0.2) is 38.9 Å². The van der Waals surface area contributed by atoms with Crippen molar-refractivity contribution in [1.29, 1.82) is 0 Å². The van der Waals surface area contributed by atoms with Gasteiger partial charge in [0, 0.05) is 29.1 Å². The molecule has 3 heterocycles. The van der Waals surface area contributed by atoms with Crippen LogP contribution in [0.5, 0.6) is 0 Å². The fourth-order valence-corrected chi connectivity index (χ4v) is 5.74. The minimum absolute atomic E-state index is 0. The maximum atomic E-state index is 12.8. The molecule has 1 amide bonds. The largest absolute Gasteiger partial charge is 0.412 e. The van der Waals surface area contributed by atoms with Crippen LogP contribution in [0.1, 0.15) is 28.8 Å². The summed E-state index contributed by atoms with van der Waals surface area (Å²) in [4.78, 5) is 15.3. The van der Waals surface area contributed by atoms with Crippen LogP contribution in [0.15, 0.2) is 35.7 Å². The Morgan fingerprint density at radius 3 is 2.77 bits per heavy atom. The zero-order valence-corrected chi connectivity index (χ0v) is 19.8. The summed E-state index contributed by atoms with van der Waals surface area (Å²) in [5.41, 5.74) is 3.34. The summed E-state index contributed by atoms with van der Waals surface area (Å²) < 4.78 is 27.9. The Balaban J connectivity index is 0.00000171. The third-order valence-electron chi connectivity index (χ3n) is 5.13. The van der Waals surface area contributed by atoms with Gasteiger partial charge in [0.25, 0.3) is 0 Å². The van der Waals surface area contributed by atoms with Crippen LogP contribution in [0.4, 0.5) is 5.69 Å². The van der Waals surface area contributed by atoms with Crippen LogP contribution in [0, 0.1) is 0 Å². The summed E-state index contributed by atoms with van der Waals surface area (Å²) in [6, 6.07) is 8.77. The number of hydrogen-bond donors (Lipinski definition) is 2. The minimum atomic E-state index is -3.73. The lowest BCUT2D eigenvalue weighted by Gasteiger charge is -2.19. The lowest BCUT2D eigenvalue weighted by atomic mass is 10.0. The number of amides is 1. The molecule has 0 bridgehead atoms. The molecule has 1 saturated heterocycles. The quantitative estimate of drug-likeness (QED) is 0.650. The summed E-state index contributed by atoms with van der Waals surface area (Å²) >= 11 is 7.15. The fraction of sp³-hybridized carbons (Fsp3) is 0.350. The number of fused-ring (bicyclic) bond motifs is 1. The number of nitrogens with one attached hydrogen (secondary N) is 2. The fourth-order valence-electron chi connectivity index (χ4n) is 3.67. The van der Waals surface area contributed by atoms with Gasteiger partial charge in [-0.2, -0.15) is 4.72 Å². The molecule has 2 aliphatic heterocycles. The molecular weight excluding hydrogens is 481 g/mol. The molecule has 11 heteroatoms. The number of anilines is 1. The van der Waals surface area contributed by atoms with E-state index in [2.05, 4.69) is 22.2 Å². The van der Waals surface area contributed by atoms with E-state index in [1.807, 2.05) is 6.07 Å². The monoisotopic (exact) mass is 505 g/mol. The highest BCUT2D eigenvalue weighted by Gasteiger charge is 2.35. The summed E-state index contributed by atoms with van der Waals surface area (Å²) in [6.07, 6.45) is 3.96. The molecule has 4 rings (SSSR count). The van der Waals surface area contributed by atoms with Crippen LogP contribution in [0.3, 0.4) is 0 Å². The average molecular weight is 506 g/mol. The minimum Gasteiger partial charge on any atom is -0.412 e. The smallest absolute Gasteiger partial charge is 0.245 e. The second-order valence-corrected chi connectivity index (χ2v) is 10.5. The van der Waals surface area contributed by atoms with Crippen molar-refractivity contribution in [3.05, 3.63) is 56.1 Å². The Kier molecular flexibility index (Phi) is 9.08. The first-order valence-electron chi connectivity index (χ1n) is 9.51. The maximum absolute atomic E-state index is 12.8. The van der Waals surface area contributed by atoms with Crippen molar-refractivity contribution >= 4 is 63.0 Å². The standard InChI is InChI=1S/C20H22ClN3O3S2.ClH.H2O/c21-19-6-5-17(28-19)8-11-29(26,27)23-18-7-10-24(20(18)25)16-4-3-15-13-22-9-1-2-14(15)12-16;;/h3-6,8,11-12,18,22-23H,1-2,7,9-10,13H2;1H;1H2/t18-;;/m0../s1. The number of aryl methyl sites for hydroxylation is 1. The number of thiophene rings is 1. The van der Waals surface area contributed by atoms with Gasteiger partial charge in [-0.05, 0) is 67.3 Å². The summed E-state index contributed by atoms with van der Waals surface area (Å²) in [5.74, 6) is -0.215. The first-order chi connectivity index (χ1) is 13.9. The molecule has 2 aliphatic rings. The van der Waals surface area contributed by atoms with Gasteiger partial charge in [0.15, 0.2) is 0 Å². The molecule has 1 atom stereocenters. The van der Waals surface area contributed by atoms with E-state index in [-0.39, 0.29) is 23.8 Å². The summed E-state index contributed by atoms with van der Waals surface area (Å²) in [6.45, 7) is 2.32. The van der Waals surface area contributed by atoms with Crippen LogP contribution in [-0.2, 0) is 27.8 Å². The lowest BCUT2D eigenvalue weighted by Crippen LogP contribution is -2.40. The molecule has 31 heavy (non-hydrogen) atoms. The molecule has 2 aromatic rings. The molecule has 0 saturated carbocycles. The van der Waals surface area contributed by atoms with E-state index in [0.29, 0.717) is 17.3 Å². The number of benzene rings is 1. The van der Waals surface area contributed by atoms with Gasteiger partial charge in [-0.3, -0.25) is 4.79 Å². The second kappa shape index (κ2) is 10.9. The lowest BCUT2D eigenvalue weighted by molar-refractivity contribution is -0.118. The molecule has 0 radical (unpaired) electrons. The van der Waals surface area contributed by atoms with E-state index in [1.165, 1.54) is 28.5 Å². The number of carbonyl (C=O) groups excluding carboxylic acids is 1. The van der Waals surface area contributed by atoms with Crippen LogP contribution >= 0.6 is 35.3 Å². The van der Waals surface area contributed by atoms with E-state index in [0.717, 1.165) is 41.9 Å². The van der Waals surface area contributed by atoms with Crippen molar-refractivity contribution in [2.24, 2.45) is 0 Å². The Morgan fingerprint density at radius 2 is 2.03 bits per heavy atom. The van der Waals surface area contributed by atoms with Crippen molar-refractivity contribution in [2.45, 2.75) is 31.8 Å². The molecule has 1 aromatic heterocycles. The molecule has 0 aliphatic carbocycles. The van der Waals surface area contributed by atoms with E-state index in [9.17, 15) is 13.2 Å². The molecule has 170 valence electrons. The van der Waals surface area contributed by atoms with E-state index in [1.54, 1.807) is 17.0 Å². The third-order valence-corrected chi connectivity index (χ3v) is 7.44. The number of carbonyl (C=O) groups is 1. The van der Waals surface area contributed by atoms with Crippen LogP contribution < -0.4 is 14.9 Å². The Bertz CT molecular complexity index is 1060. The number of rotatable bonds is 5. The zero-order chi connectivity index (χ0) is 20.4. The predicted molar refractivity (Wildman–Crippen MR) is 129 cm³/mol. The SMILES string of the molecule is Cl.O.O=C1[C@@H](NS(=O)(=O)C=Cc2ccc(Cl)s2)CCN1c1ccc2c(c1)CCCNC2. The summed E-state index contributed by atoms with van der Waals surface area (Å²) in [5, 5.41) is 4.47. The number of nitrogens with zero attached hydrogens (tertiary/aromatic N) is 1.